The minimum atomic E-state index is -1.35. The van der Waals surface area contributed by atoms with Gasteiger partial charge in [-0.2, -0.15) is 0 Å². The van der Waals surface area contributed by atoms with Crippen LogP contribution in [0.4, 0.5) is 9.52 Å². The first-order valence-corrected chi connectivity index (χ1v) is 12.5. The number of dihydropyridines is 1. The predicted octanol–water partition coefficient (Wildman–Crippen LogP) is 4.36. The first-order valence-electron chi connectivity index (χ1n) is 10.9. The third-order valence-electron chi connectivity index (χ3n) is 5.58. The van der Waals surface area contributed by atoms with Gasteiger partial charge in [0.05, 0.1) is 35.0 Å². The van der Waals surface area contributed by atoms with Crippen molar-refractivity contribution >= 4 is 57.3 Å². The van der Waals surface area contributed by atoms with Crippen molar-refractivity contribution in [1.82, 2.24) is 15.3 Å². The molecule has 0 aliphatic carbocycles. The highest BCUT2D eigenvalue weighted by Crippen LogP contribution is 2.32. The van der Waals surface area contributed by atoms with E-state index in [2.05, 4.69) is 20.3 Å². The third kappa shape index (κ3) is 4.99. The summed E-state index contributed by atoms with van der Waals surface area (Å²) in [5.41, 5.74) is 1.75. The van der Waals surface area contributed by atoms with E-state index in [0.717, 1.165) is 17.8 Å². The zero-order chi connectivity index (χ0) is 24.4. The Morgan fingerprint density at radius 3 is 2.79 bits per heavy atom. The van der Waals surface area contributed by atoms with Crippen LogP contribution < -0.4 is 10.2 Å². The number of H-pyrrole nitrogens is 1. The summed E-state index contributed by atoms with van der Waals surface area (Å²) < 4.78 is 20.3. The van der Waals surface area contributed by atoms with Crippen molar-refractivity contribution in [3.05, 3.63) is 44.2 Å². The van der Waals surface area contributed by atoms with Gasteiger partial charge in [-0.3, -0.25) is 9.79 Å². The number of nitrogens with zero attached hydrogens (tertiary/aromatic N) is 3. The number of amides is 1. The van der Waals surface area contributed by atoms with Crippen LogP contribution in [0.5, 0.6) is 0 Å². The normalized spacial score (nSPS) is 20.3. The second-order valence-electron chi connectivity index (χ2n) is 7.94. The van der Waals surface area contributed by atoms with Crippen LogP contribution in [0, 0.1) is 6.92 Å². The van der Waals surface area contributed by atoms with E-state index < -0.39 is 24.1 Å². The summed E-state index contributed by atoms with van der Waals surface area (Å²) in [6, 6.07) is -0.697. The average Bonchev–Trinajstić information content (AvgIpc) is 3.39. The van der Waals surface area contributed by atoms with E-state index in [9.17, 15) is 9.59 Å². The van der Waals surface area contributed by atoms with E-state index in [4.69, 9.17) is 27.9 Å². The Hall–Kier alpha value is -2.43. The van der Waals surface area contributed by atoms with Gasteiger partial charge in [-0.1, -0.05) is 40.6 Å². The van der Waals surface area contributed by atoms with Gasteiger partial charge in [0.1, 0.15) is 22.4 Å². The Morgan fingerprint density at radius 2 is 2.18 bits per heavy atom. The van der Waals surface area contributed by atoms with Gasteiger partial charge in [0.2, 0.25) is 0 Å². The molecule has 4 heterocycles. The number of aryl methyl sites for hydroxylation is 1. The molecule has 182 valence electrons. The lowest BCUT2D eigenvalue weighted by molar-refractivity contribution is 0.0531. The molecule has 1 fully saturated rings. The fourth-order valence-corrected chi connectivity index (χ4v) is 5.24. The summed E-state index contributed by atoms with van der Waals surface area (Å²) in [4.78, 5) is 39.2. The number of halogens is 3. The van der Waals surface area contributed by atoms with Crippen LogP contribution >= 0.6 is 34.5 Å². The Labute approximate surface area is 210 Å². The number of aromatic nitrogens is 2. The number of hydrogen-bond acceptors (Lipinski definition) is 7. The number of esters is 1. The topological polar surface area (TPSA) is 99.7 Å². The van der Waals surface area contributed by atoms with Crippen LogP contribution in [0.2, 0.25) is 10.0 Å². The molecular weight excluding hydrogens is 504 g/mol. The summed E-state index contributed by atoms with van der Waals surface area (Å²) in [5, 5.41) is 3.61. The molecule has 12 heteroatoms. The highest BCUT2D eigenvalue weighted by atomic mass is 35.5. The molecule has 2 aliphatic heterocycles. The van der Waals surface area contributed by atoms with Gasteiger partial charge in [-0.25, -0.2) is 14.2 Å². The number of ether oxygens (including phenoxy) is 1. The zero-order valence-electron chi connectivity index (χ0n) is 18.7. The van der Waals surface area contributed by atoms with Crippen LogP contribution in [-0.2, 0) is 4.74 Å². The molecule has 2 N–H and O–H groups in total. The molecule has 0 radical (unpaired) electrons. The lowest BCUT2D eigenvalue weighted by atomic mass is 10.0. The maximum atomic E-state index is 15.1. The van der Waals surface area contributed by atoms with E-state index >= 15 is 4.39 Å². The molecule has 2 aromatic heterocycles. The fourth-order valence-electron chi connectivity index (χ4n) is 3.82. The second kappa shape index (κ2) is 10.5. The molecule has 2 aromatic rings. The standard InChI is InChI=1S/C22H24Cl2FN5O3S/c1-3-33-21(32)19-17(14-6-4-5-8-26-14)29-22(34-19)30-9-7-13(12(25)10-30)28-20(31)18-16(24)15(23)11(2)27-18/h4,6,12-13,27H,3,5,7-10H2,1-2H3,(H,28,31)/t12-,13+/m0/s1. The highest BCUT2D eigenvalue weighted by molar-refractivity contribution is 7.17. The van der Waals surface area contributed by atoms with Gasteiger partial charge in [0.15, 0.2) is 5.13 Å². The molecular formula is C22H24Cl2FN5O3S. The second-order valence-corrected chi connectivity index (χ2v) is 9.67. The molecule has 0 bridgehead atoms. The van der Waals surface area contributed by atoms with Gasteiger partial charge in [0, 0.05) is 18.8 Å². The molecule has 2 aliphatic rings. The van der Waals surface area contributed by atoms with E-state index in [1.807, 2.05) is 12.2 Å². The molecule has 1 amide bonds. The number of carbonyl (C=O) groups excluding carboxylic acids is 2. The minimum Gasteiger partial charge on any atom is -0.462 e. The van der Waals surface area contributed by atoms with Crippen molar-refractivity contribution in [3.8, 4) is 0 Å². The number of allylic oxidation sites excluding steroid dienone is 1. The predicted molar refractivity (Wildman–Crippen MR) is 132 cm³/mol. The number of aliphatic imine (C=N–C) groups is 1. The van der Waals surface area contributed by atoms with Crippen molar-refractivity contribution < 1.29 is 18.7 Å². The first kappa shape index (κ1) is 24.7. The summed E-state index contributed by atoms with van der Waals surface area (Å²) in [6.07, 6.45) is 3.64. The molecule has 0 aromatic carbocycles. The van der Waals surface area contributed by atoms with Crippen molar-refractivity contribution in [2.45, 2.75) is 38.9 Å². The number of anilines is 1. The van der Waals surface area contributed by atoms with Crippen molar-refractivity contribution in [1.29, 1.82) is 0 Å². The molecule has 34 heavy (non-hydrogen) atoms. The lowest BCUT2D eigenvalue weighted by Gasteiger charge is -2.34. The molecule has 0 saturated carbocycles. The largest absolute Gasteiger partial charge is 0.462 e. The Morgan fingerprint density at radius 1 is 1.38 bits per heavy atom. The van der Waals surface area contributed by atoms with Crippen molar-refractivity contribution in [2.75, 3.05) is 31.1 Å². The number of alkyl halides is 1. The molecule has 2 atom stereocenters. The number of carbonyl (C=O) groups is 2. The van der Waals surface area contributed by atoms with Gasteiger partial charge >= 0.3 is 5.97 Å². The SMILES string of the molecule is CCOC(=O)c1sc(N2CC[C@@H](NC(=O)c3[nH]c(C)c(Cl)c3Cl)[C@@H](F)C2)nc1C1=NCCC=C1. The molecule has 8 nitrogen and oxygen atoms in total. The summed E-state index contributed by atoms with van der Waals surface area (Å²) >= 11 is 13.3. The third-order valence-corrected chi connectivity index (χ3v) is 7.63. The Balaban J connectivity index is 1.49. The quantitative estimate of drug-likeness (QED) is 0.543. The van der Waals surface area contributed by atoms with E-state index in [1.54, 1.807) is 18.7 Å². The van der Waals surface area contributed by atoms with Gasteiger partial charge in [0.25, 0.3) is 5.91 Å². The van der Waals surface area contributed by atoms with Crippen LogP contribution in [0.25, 0.3) is 0 Å². The number of nitrogens with one attached hydrogen (secondary N) is 2. The Kier molecular flexibility index (Phi) is 7.59. The smallest absolute Gasteiger partial charge is 0.350 e. The van der Waals surface area contributed by atoms with Gasteiger partial charge in [-0.05, 0) is 32.8 Å². The van der Waals surface area contributed by atoms with E-state index in [-0.39, 0.29) is 28.9 Å². The van der Waals surface area contributed by atoms with Crippen LogP contribution in [0.15, 0.2) is 17.1 Å². The van der Waals surface area contributed by atoms with Crippen molar-refractivity contribution in [3.63, 3.8) is 0 Å². The van der Waals surface area contributed by atoms with Gasteiger partial charge < -0.3 is 19.9 Å². The van der Waals surface area contributed by atoms with Crippen LogP contribution in [-0.4, -0.2) is 66.0 Å². The maximum absolute atomic E-state index is 15.1. The summed E-state index contributed by atoms with van der Waals surface area (Å²) in [7, 11) is 0. The zero-order valence-corrected chi connectivity index (χ0v) is 21.0. The first-order chi connectivity index (χ1) is 16.3. The molecule has 0 spiro atoms. The van der Waals surface area contributed by atoms with Crippen LogP contribution in [0.1, 0.15) is 51.3 Å². The highest BCUT2D eigenvalue weighted by Gasteiger charge is 2.34. The summed E-state index contributed by atoms with van der Waals surface area (Å²) in [6.45, 7) is 4.75. The maximum Gasteiger partial charge on any atom is 0.350 e. The molecule has 1 saturated heterocycles. The molecule has 4 rings (SSSR count). The molecule has 0 unspecified atom stereocenters. The number of hydrogen-bond donors (Lipinski definition) is 2. The average molecular weight is 528 g/mol. The minimum absolute atomic E-state index is 0.0146. The fraction of sp³-hybridized carbons (Fsp3) is 0.455. The monoisotopic (exact) mass is 527 g/mol. The van der Waals surface area contributed by atoms with E-state index in [1.165, 1.54) is 0 Å². The van der Waals surface area contributed by atoms with E-state index in [0.29, 0.717) is 46.6 Å². The van der Waals surface area contributed by atoms with Crippen molar-refractivity contribution in [2.24, 2.45) is 4.99 Å². The number of piperidine rings is 1. The lowest BCUT2D eigenvalue weighted by Crippen LogP contribution is -2.52. The number of thiazole rings is 1. The number of rotatable bonds is 6. The van der Waals surface area contributed by atoms with Gasteiger partial charge in [-0.15, -0.1) is 0 Å². The van der Waals surface area contributed by atoms with Crippen LogP contribution in [0.3, 0.4) is 0 Å². The number of aromatic amines is 1. The Bertz CT molecular complexity index is 1160. The summed E-state index contributed by atoms with van der Waals surface area (Å²) in [5.74, 6) is -0.983.